The van der Waals surface area contributed by atoms with Gasteiger partial charge in [-0.15, -0.1) is 0 Å². The zero-order chi connectivity index (χ0) is 14.7. The zero-order valence-corrected chi connectivity index (χ0v) is 11.8. The Morgan fingerprint density at radius 1 is 1.50 bits per heavy atom. The molecule has 0 aliphatic carbocycles. The van der Waals surface area contributed by atoms with Gasteiger partial charge in [-0.05, 0) is 30.9 Å². The van der Waals surface area contributed by atoms with Crippen molar-refractivity contribution in [3.8, 4) is 0 Å². The maximum atomic E-state index is 11.3. The zero-order valence-electron chi connectivity index (χ0n) is 11.8. The first-order chi connectivity index (χ1) is 9.47. The fourth-order valence-corrected chi connectivity index (χ4v) is 2.63. The van der Waals surface area contributed by atoms with Crippen LogP contribution in [0, 0.1) is 16.0 Å². The number of nitrogens with one attached hydrogen (secondary N) is 1. The van der Waals surface area contributed by atoms with Crippen molar-refractivity contribution in [2.24, 2.45) is 5.92 Å². The first-order valence-electron chi connectivity index (χ1n) is 6.78. The van der Waals surface area contributed by atoms with Crippen LogP contribution in [0.2, 0.25) is 0 Å². The Hall–Kier alpha value is -2.11. The molecule has 0 bridgehead atoms. The summed E-state index contributed by atoms with van der Waals surface area (Å²) in [6.07, 6.45) is 2.21. The second kappa shape index (κ2) is 5.90. The van der Waals surface area contributed by atoms with Crippen LogP contribution in [0.25, 0.3) is 0 Å². The molecule has 1 amide bonds. The molecule has 1 N–H and O–H groups in total. The fraction of sp³-hybridized carbons (Fsp3) is 0.500. The summed E-state index contributed by atoms with van der Waals surface area (Å²) < 4.78 is 0. The number of rotatable bonds is 3. The summed E-state index contributed by atoms with van der Waals surface area (Å²) in [6, 6.07) is 4.86. The van der Waals surface area contributed by atoms with Crippen molar-refractivity contribution in [1.82, 2.24) is 0 Å². The molecule has 6 heteroatoms. The van der Waals surface area contributed by atoms with E-state index < -0.39 is 0 Å². The molecule has 6 nitrogen and oxygen atoms in total. The second-order valence-corrected chi connectivity index (χ2v) is 5.34. The highest BCUT2D eigenvalue weighted by Gasteiger charge is 2.24. The number of amides is 1. The number of hydrogen-bond acceptors (Lipinski definition) is 4. The molecular formula is C14H19N3O3. The van der Waals surface area contributed by atoms with Gasteiger partial charge in [0.1, 0.15) is 5.69 Å². The molecule has 108 valence electrons. The van der Waals surface area contributed by atoms with Crippen molar-refractivity contribution in [2.75, 3.05) is 23.3 Å². The Morgan fingerprint density at radius 3 is 2.85 bits per heavy atom. The molecule has 20 heavy (non-hydrogen) atoms. The van der Waals surface area contributed by atoms with Crippen LogP contribution in [0.1, 0.15) is 26.7 Å². The SMILES string of the molecule is CC(=O)Nc1ccc(N2CCC[C@H](C)C2)c([N+](=O)[O-])c1. The van der Waals surface area contributed by atoms with Crippen molar-refractivity contribution >= 4 is 23.0 Å². The Bertz CT molecular complexity index is 530. The average molecular weight is 277 g/mol. The number of nitro benzene ring substituents is 1. The van der Waals surface area contributed by atoms with Crippen LogP contribution in [0.4, 0.5) is 17.1 Å². The average Bonchev–Trinajstić information content (AvgIpc) is 2.37. The van der Waals surface area contributed by atoms with E-state index in [1.807, 2.05) is 0 Å². The van der Waals surface area contributed by atoms with E-state index >= 15 is 0 Å². The van der Waals surface area contributed by atoms with Crippen LogP contribution < -0.4 is 10.2 Å². The van der Waals surface area contributed by atoms with E-state index in [9.17, 15) is 14.9 Å². The highest BCUT2D eigenvalue weighted by atomic mass is 16.6. The van der Waals surface area contributed by atoms with E-state index in [4.69, 9.17) is 0 Å². The van der Waals surface area contributed by atoms with Crippen LogP contribution in [-0.4, -0.2) is 23.9 Å². The van der Waals surface area contributed by atoms with Gasteiger partial charge in [-0.25, -0.2) is 0 Å². The minimum Gasteiger partial charge on any atom is -0.366 e. The summed E-state index contributed by atoms with van der Waals surface area (Å²) in [6.45, 7) is 5.21. The summed E-state index contributed by atoms with van der Waals surface area (Å²) in [4.78, 5) is 24.0. The molecule has 0 saturated carbocycles. The first-order valence-corrected chi connectivity index (χ1v) is 6.78. The maximum Gasteiger partial charge on any atom is 0.294 e. The van der Waals surface area contributed by atoms with Crippen LogP contribution in [-0.2, 0) is 4.79 Å². The summed E-state index contributed by atoms with van der Waals surface area (Å²) in [5.74, 6) is 0.303. The number of hydrogen-bond donors (Lipinski definition) is 1. The quantitative estimate of drug-likeness (QED) is 0.681. The van der Waals surface area contributed by atoms with E-state index in [1.54, 1.807) is 12.1 Å². The summed E-state index contributed by atoms with van der Waals surface area (Å²) >= 11 is 0. The van der Waals surface area contributed by atoms with E-state index in [1.165, 1.54) is 13.0 Å². The van der Waals surface area contributed by atoms with Gasteiger partial charge in [0.15, 0.2) is 0 Å². The van der Waals surface area contributed by atoms with Gasteiger partial charge in [-0.3, -0.25) is 14.9 Å². The predicted octanol–water partition coefficient (Wildman–Crippen LogP) is 2.79. The fourth-order valence-electron chi connectivity index (χ4n) is 2.63. The second-order valence-electron chi connectivity index (χ2n) is 5.34. The Labute approximate surface area is 117 Å². The molecule has 0 aromatic heterocycles. The Morgan fingerprint density at radius 2 is 2.25 bits per heavy atom. The van der Waals surface area contributed by atoms with Gasteiger partial charge in [-0.2, -0.15) is 0 Å². The molecule has 1 aromatic carbocycles. The van der Waals surface area contributed by atoms with Crippen molar-refractivity contribution < 1.29 is 9.72 Å². The van der Waals surface area contributed by atoms with Gasteiger partial charge in [0.2, 0.25) is 5.91 Å². The maximum absolute atomic E-state index is 11.3. The molecule has 1 aliphatic rings. The van der Waals surface area contributed by atoms with Crippen molar-refractivity contribution in [3.05, 3.63) is 28.3 Å². The van der Waals surface area contributed by atoms with E-state index in [0.717, 1.165) is 25.9 Å². The third kappa shape index (κ3) is 3.26. The summed E-state index contributed by atoms with van der Waals surface area (Å²) in [5.41, 5.74) is 1.14. The van der Waals surface area contributed by atoms with Gasteiger partial charge in [0, 0.05) is 31.8 Å². The molecular weight excluding hydrogens is 258 g/mol. The minimum atomic E-state index is -0.389. The minimum absolute atomic E-state index is 0.0466. The van der Waals surface area contributed by atoms with Crippen LogP contribution >= 0.6 is 0 Å². The standard InChI is InChI=1S/C14H19N3O3/c1-10-4-3-7-16(9-10)13-6-5-12(15-11(2)18)8-14(13)17(19)20/h5-6,8,10H,3-4,7,9H2,1-2H3,(H,15,18)/t10-/m0/s1. The lowest BCUT2D eigenvalue weighted by molar-refractivity contribution is -0.384. The van der Waals surface area contributed by atoms with E-state index in [-0.39, 0.29) is 16.5 Å². The molecule has 0 spiro atoms. The molecule has 0 radical (unpaired) electrons. The topological polar surface area (TPSA) is 75.5 Å². The van der Waals surface area contributed by atoms with Crippen LogP contribution in [0.3, 0.4) is 0 Å². The van der Waals surface area contributed by atoms with Gasteiger partial charge in [0.05, 0.1) is 4.92 Å². The number of nitro groups is 1. The van der Waals surface area contributed by atoms with E-state index in [0.29, 0.717) is 17.3 Å². The van der Waals surface area contributed by atoms with E-state index in [2.05, 4.69) is 17.1 Å². The summed E-state index contributed by atoms with van der Waals surface area (Å²) in [7, 11) is 0. The molecule has 0 unspecified atom stereocenters. The van der Waals surface area contributed by atoms with Crippen molar-refractivity contribution in [2.45, 2.75) is 26.7 Å². The molecule has 1 heterocycles. The van der Waals surface area contributed by atoms with Crippen LogP contribution in [0.15, 0.2) is 18.2 Å². The highest BCUT2D eigenvalue weighted by molar-refractivity contribution is 5.89. The number of carbonyl (C=O) groups is 1. The molecule has 1 atom stereocenters. The molecule has 2 rings (SSSR count). The Balaban J connectivity index is 2.32. The largest absolute Gasteiger partial charge is 0.366 e. The molecule has 1 fully saturated rings. The number of nitrogens with zero attached hydrogens (tertiary/aromatic N) is 2. The number of anilines is 2. The third-order valence-electron chi connectivity index (χ3n) is 3.49. The predicted molar refractivity (Wildman–Crippen MR) is 78.0 cm³/mol. The lowest BCUT2D eigenvalue weighted by Gasteiger charge is -2.32. The van der Waals surface area contributed by atoms with Crippen LogP contribution in [0.5, 0.6) is 0 Å². The molecule has 1 saturated heterocycles. The third-order valence-corrected chi connectivity index (χ3v) is 3.49. The van der Waals surface area contributed by atoms with Crippen molar-refractivity contribution in [3.63, 3.8) is 0 Å². The van der Waals surface area contributed by atoms with Gasteiger partial charge in [-0.1, -0.05) is 6.92 Å². The summed E-state index contributed by atoms with van der Waals surface area (Å²) in [5, 5.41) is 13.8. The molecule has 1 aromatic rings. The smallest absolute Gasteiger partial charge is 0.294 e. The lowest BCUT2D eigenvalue weighted by atomic mass is 9.99. The number of piperidine rings is 1. The number of benzene rings is 1. The van der Waals surface area contributed by atoms with Gasteiger partial charge >= 0.3 is 0 Å². The van der Waals surface area contributed by atoms with Gasteiger partial charge < -0.3 is 10.2 Å². The first kappa shape index (κ1) is 14.3. The highest BCUT2D eigenvalue weighted by Crippen LogP contribution is 2.33. The van der Waals surface area contributed by atoms with Crippen molar-refractivity contribution in [1.29, 1.82) is 0 Å². The number of carbonyl (C=O) groups excluding carboxylic acids is 1. The monoisotopic (exact) mass is 277 g/mol. The molecule has 1 aliphatic heterocycles. The van der Waals surface area contributed by atoms with Gasteiger partial charge in [0.25, 0.3) is 5.69 Å². The lowest BCUT2D eigenvalue weighted by Crippen LogP contribution is -2.34. The normalized spacial score (nSPS) is 18.7. The Kier molecular flexibility index (Phi) is 4.22.